The van der Waals surface area contributed by atoms with Crippen LogP contribution in [0.2, 0.25) is 0 Å². The van der Waals surface area contributed by atoms with Gasteiger partial charge in [-0.05, 0) is 56.2 Å². The number of urea groups is 2. The van der Waals surface area contributed by atoms with Gasteiger partial charge < -0.3 is 10.2 Å². The number of hydroxylamine groups is 2. The Hall–Kier alpha value is -3.91. The van der Waals surface area contributed by atoms with E-state index in [-0.39, 0.29) is 18.4 Å². The fourth-order valence-corrected chi connectivity index (χ4v) is 4.32. The summed E-state index contributed by atoms with van der Waals surface area (Å²) >= 11 is 0. The van der Waals surface area contributed by atoms with Gasteiger partial charge in [-0.1, -0.05) is 54.6 Å². The number of hydrogen-bond acceptors (Lipinski definition) is 3. The van der Waals surface area contributed by atoms with Gasteiger partial charge in [0.2, 0.25) is 0 Å². The predicted molar refractivity (Wildman–Crippen MR) is 128 cm³/mol. The molecule has 0 aliphatic carbocycles. The van der Waals surface area contributed by atoms with Crippen LogP contribution in [0, 0.1) is 5.82 Å². The lowest BCUT2D eigenvalue weighted by molar-refractivity contribution is -0.0947. The second-order valence-electron chi connectivity index (χ2n) is 8.65. The average molecular weight is 463 g/mol. The van der Waals surface area contributed by atoms with Gasteiger partial charge in [-0.25, -0.2) is 14.0 Å². The summed E-state index contributed by atoms with van der Waals surface area (Å²) in [5.74, 6) is -0.338. The Labute approximate surface area is 198 Å². The van der Waals surface area contributed by atoms with E-state index in [9.17, 15) is 19.2 Å². The molecule has 0 saturated carbocycles. The fraction of sp³-hybridized carbons (Fsp3) is 0.231. The molecule has 1 saturated heterocycles. The van der Waals surface area contributed by atoms with Crippen LogP contribution in [0.5, 0.6) is 0 Å². The van der Waals surface area contributed by atoms with Crippen molar-refractivity contribution < 1.29 is 19.2 Å². The van der Waals surface area contributed by atoms with Crippen molar-refractivity contribution in [1.82, 2.24) is 9.96 Å². The summed E-state index contributed by atoms with van der Waals surface area (Å²) in [6.45, 7) is 3.76. The minimum absolute atomic E-state index is 0.209. The van der Waals surface area contributed by atoms with Gasteiger partial charge in [-0.2, -0.15) is 5.06 Å². The normalized spacial score (nSPS) is 17.1. The van der Waals surface area contributed by atoms with Crippen LogP contribution in [0.3, 0.4) is 0 Å². The minimum atomic E-state index is -1.04. The number of para-hydroxylation sites is 2. The van der Waals surface area contributed by atoms with E-state index in [1.807, 2.05) is 12.1 Å². The van der Waals surface area contributed by atoms with E-state index < -0.39 is 17.7 Å². The van der Waals surface area contributed by atoms with Crippen LogP contribution in [0.15, 0.2) is 84.9 Å². The first-order chi connectivity index (χ1) is 16.3. The third-order valence-corrected chi connectivity index (χ3v) is 6.07. The second-order valence-corrected chi connectivity index (χ2v) is 8.65. The molecule has 4 rings (SSSR count). The van der Waals surface area contributed by atoms with E-state index in [1.54, 1.807) is 85.5 Å². The molecule has 7 nitrogen and oxygen atoms in total. The Balaban J connectivity index is 1.65. The quantitative estimate of drug-likeness (QED) is 0.384. The summed E-state index contributed by atoms with van der Waals surface area (Å²) in [6, 6.07) is 22.9. The number of rotatable bonds is 6. The Morgan fingerprint density at radius 3 is 2.24 bits per heavy atom. The average Bonchev–Trinajstić information content (AvgIpc) is 3.04. The first-order valence-electron chi connectivity index (χ1n) is 11.0. The summed E-state index contributed by atoms with van der Waals surface area (Å²) < 4.78 is 14.2. The van der Waals surface area contributed by atoms with Crippen LogP contribution >= 0.6 is 0 Å². The highest BCUT2D eigenvalue weighted by molar-refractivity contribution is 5.98. The number of amides is 4. The molecule has 0 bridgehead atoms. The van der Waals surface area contributed by atoms with E-state index in [4.69, 9.17) is 0 Å². The number of anilines is 2. The Morgan fingerprint density at radius 2 is 1.59 bits per heavy atom. The molecule has 176 valence electrons. The van der Waals surface area contributed by atoms with Gasteiger partial charge in [0.25, 0.3) is 0 Å². The number of halogens is 1. The first kappa shape index (κ1) is 23.3. The van der Waals surface area contributed by atoms with Crippen LogP contribution in [-0.4, -0.2) is 45.5 Å². The number of nitrogens with one attached hydrogen (secondary N) is 1. The number of carbonyl (C=O) groups excluding carboxylic acids is 2. The zero-order chi connectivity index (χ0) is 24.3. The zero-order valence-corrected chi connectivity index (χ0v) is 19.1. The van der Waals surface area contributed by atoms with Crippen molar-refractivity contribution in [1.29, 1.82) is 0 Å². The van der Waals surface area contributed by atoms with Crippen LogP contribution in [0.4, 0.5) is 25.4 Å². The molecule has 1 unspecified atom stereocenters. The smallest absolute Gasteiger partial charge is 0.315 e. The molecule has 0 spiro atoms. The lowest BCUT2D eigenvalue weighted by Crippen LogP contribution is -2.58. The lowest BCUT2D eigenvalue weighted by Gasteiger charge is -2.38. The van der Waals surface area contributed by atoms with Crippen molar-refractivity contribution in [2.24, 2.45) is 0 Å². The zero-order valence-electron chi connectivity index (χ0n) is 19.1. The van der Waals surface area contributed by atoms with E-state index in [0.29, 0.717) is 28.4 Å². The van der Waals surface area contributed by atoms with Gasteiger partial charge in [-0.3, -0.25) is 10.1 Å². The third kappa shape index (κ3) is 4.45. The third-order valence-electron chi connectivity index (χ3n) is 6.07. The largest absolute Gasteiger partial charge is 0.347 e. The van der Waals surface area contributed by atoms with Crippen molar-refractivity contribution >= 4 is 23.4 Å². The second kappa shape index (κ2) is 9.52. The standard InChI is InChI=1S/C26H27FN4O3/c1-26(2)23(31(34)24(32)28-20-12-5-3-6-13-20)30(21-14-7-4-8-15-21)25(33)29(26)18-17-19-11-9-10-16-22(19)27/h3-16,23,34H,17-18H2,1-2H3,(H,28,32). The van der Waals surface area contributed by atoms with Crippen molar-refractivity contribution in [3.05, 3.63) is 96.3 Å². The molecular weight excluding hydrogens is 435 g/mol. The van der Waals surface area contributed by atoms with Gasteiger partial charge in [0, 0.05) is 17.9 Å². The Bertz CT molecular complexity index is 1160. The fourth-order valence-electron chi connectivity index (χ4n) is 4.32. The molecule has 0 radical (unpaired) electrons. The van der Waals surface area contributed by atoms with Gasteiger partial charge in [0.1, 0.15) is 5.82 Å². The van der Waals surface area contributed by atoms with Crippen molar-refractivity contribution in [2.45, 2.75) is 32.0 Å². The molecule has 34 heavy (non-hydrogen) atoms. The summed E-state index contributed by atoms with van der Waals surface area (Å²) in [5.41, 5.74) is 0.534. The molecule has 1 heterocycles. The van der Waals surface area contributed by atoms with Crippen LogP contribution in [0.25, 0.3) is 0 Å². The number of hydrogen-bond donors (Lipinski definition) is 2. The molecule has 1 aliphatic heterocycles. The highest BCUT2D eigenvalue weighted by atomic mass is 19.1. The highest BCUT2D eigenvalue weighted by Gasteiger charge is 2.55. The number of nitrogens with zero attached hydrogens (tertiary/aromatic N) is 3. The monoisotopic (exact) mass is 462 g/mol. The molecule has 1 atom stereocenters. The van der Waals surface area contributed by atoms with E-state index in [2.05, 4.69) is 5.32 Å². The van der Waals surface area contributed by atoms with Gasteiger partial charge in [0.15, 0.2) is 6.17 Å². The van der Waals surface area contributed by atoms with E-state index >= 15 is 0 Å². The molecule has 4 amide bonds. The molecule has 0 aromatic heterocycles. The summed E-state index contributed by atoms with van der Waals surface area (Å²) in [5, 5.41) is 14.3. The number of carbonyl (C=O) groups is 2. The molecule has 2 N–H and O–H groups in total. The maximum Gasteiger partial charge on any atom is 0.347 e. The summed E-state index contributed by atoms with van der Waals surface area (Å²) in [7, 11) is 0. The number of benzene rings is 3. The van der Waals surface area contributed by atoms with Crippen molar-refractivity contribution in [3.63, 3.8) is 0 Å². The summed E-state index contributed by atoms with van der Waals surface area (Å²) in [6.07, 6.45) is -0.745. The maximum atomic E-state index is 14.2. The van der Waals surface area contributed by atoms with Gasteiger partial charge in [-0.15, -0.1) is 0 Å². The van der Waals surface area contributed by atoms with Crippen LogP contribution in [-0.2, 0) is 6.42 Å². The van der Waals surface area contributed by atoms with Gasteiger partial charge in [0.05, 0.1) is 5.54 Å². The van der Waals surface area contributed by atoms with Crippen molar-refractivity contribution in [2.75, 3.05) is 16.8 Å². The molecule has 1 fully saturated rings. The molecule has 3 aromatic rings. The highest BCUT2D eigenvalue weighted by Crippen LogP contribution is 2.38. The minimum Gasteiger partial charge on any atom is -0.315 e. The molecule has 1 aliphatic rings. The SMILES string of the molecule is CC1(C)C(N(O)C(=O)Nc2ccccc2)N(c2ccccc2)C(=O)N1CCc1ccccc1F. The topological polar surface area (TPSA) is 76.1 Å². The van der Waals surface area contributed by atoms with Crippen LogP contribution in [0.1, 0.15) is 19.4 Å². The Morgan fingerprint density at radius 1 is 1.00 bits per heavy atom. The lowest BCUT2D eigenvalue weighted by atomic mass is 9.99. The van der Waals surface area contributed by atoms with Crippen molar-refractivity contribution in [3.8, 4) is 0 Å². The van der Waals surface area contributed by atoms with Crippen LogP contribution < -0.4 is 10.2 Å². The predicted octanol–water partition coefficient (Wildman–Crippen LogP) is 5.34. The molecular formula is C26H27FN4O3. The molecule has 3 aromatic carbocycles. The van der Waals surface area contributed by atoms with E-state index in [1.165, 1.54) is 11.0 Å². The molecule has 8 heteroatoms. The van der Waals surface area contributed by atoms with E-state index in [0.717, 1.165) is 0 Å². The maximum absolute atomic E-state index is 14.2. The van der Waals surface area contributed by atoms with Gasteiger partial charge >= 0.3 is 12.1 Å². The Kier molecular flexibility index (Phi) is 6.51. The summed E-state index contributed by atoms with van der Waals surface area (Å²) in [4.78, 5) is 29.5. The first-order valence-corrected chi connectivity index (χ1v) is 11.0.